The lowest BCUT2D eigenvalue weighted by molar-refractivity contribution is -0.384. The first-order valence-electron chi connectivity index (χ1n) is 7.21. The van der Waals surface area contributed by atoms with Gasteiger partial charge in [-0.05, 0) is 36.8 Å². The lowest BCUT2D eigenvalue weighted by atomic mass is 10.1. The number of halogens is 2. The number of nitro benzene ring substituents is 1. The van der Waals surface area contributed by atoms with E-state index in [-0.39, 0.29) is 17.5 Å². The standard InChI is InChI=1S/C17H13ClFN3O2/c1-10(11-2-5-13(6-3-11)22(23)24)20-16-9-17(18)21-15-7-4-12(19)8-14(15)16/h2-10H,1H3,(H,20,21). The lowest BCUT2D eigenvalue weighted by Crippen LogP contribution is -2.07. The molecule has 7 heteroatoms. The van der Waals surface area contributed by atoms with Gasteiger partial charge in [0.05, 0.1) is 10.4 Å². The zero-order valence-electron chi connectivity index (χ0n) is 12.7. The van der Waals surface area contributed by atoms with Crippen LogP contribution in [0.25, 0.3) is 10.9 Å². The Morgan fingerprint density at radius 1 is 1.21 bits per heavy atom. The van der Waals surface area contributed by atoms with Gasteiger partial charge in [-0.2, -0.15) is 0 Å². The van der Waals surface area contributed by atoms with Crippen molar-refractivity contribution in [1.29, 1.82) is 0 Å². The number of nitrogens with zero attached hydrogens (tertiary/aromatic N) is 2. The molecular weight excluding hydrogens is 333 g/mol. The monoisotopic (exact) mass is 345 g/mol. The number of pyridine rings is 1. The molecule has 0 aliphatic rings. The van der Waals surface area contributed by atoms with Gasteiger partial charge in [0.15, 0.2) is 0 Å². The molecule has 3 aromatic rings. The fraction of sp³-hybridized carbons (Fsp3) is 0.118. The number of anilines is 1. The van der Waals surface area contributed by atoms with Crippen LogP contribution in [0.1, 0.15) is 18.5 Å². The van der Waals surface area contributed by atoms with Crippen molar-refractivity contribution in [3.05, 3.63) is 75.2 Å². The van der Waals surface area contributed by atoms with Crippen LogP contribution in [0.5, 0.6) is 0 Å². The van der Waals surface area contributed by atoms with Gasteiger partial charge in [0.2, 0.25) is 0 Å². The van der Waals surface area contributed by atoms with Crippen LogP contribution in [0.2, 0.25) is 5.15 Å². The summed E-state index contributed by atoms with van der Waals surface area (Å²) in [6.45, 7) is 1.90. The van der Waals surface area contributed by atoms with E-state index in [9.17, 15) is 14.5 Å². The minimum absolute atomic E-state index is 0.0328. The summed E-state index contributed by atoms with van der Waals surface area (Å²) in [5.74, 6) is -0.363. The summed E-state index contributed by atoms with van der Waals surface area (Å²) in [4.78, 5) is 14.5. The number of rotatable bonds is 4. The van der Waals surface area contributed by atoms with Crippen LogP contribution in [-0.2, 0) is 0 Å². The fourth-order valence-electron chi connectivity index (χ4n) is 2.49. The molecule has 0 saturated carbocycles. The van der Waals surface area contributed by atoms with Gasteiger partial charge in [0, 0.05) is 29.2 Å². The number of non-ortho nitro benzene ring substituents is 1. The smallest absolute Gasteiger partial charge is 0.269 e. The number of hydrogen-bond acceptors (Lipinski definition) is 4. The van der Waals surface area contributed by atoms with Crippen molar-refractivity contribution in [1.82, 2.24) is 4.98 Å². The topological polar surface area (TPSA) is 68.1 Å². The summed E-state index contributed by atoms with van der Waals surface area (Å²) in [5, 5.41) is 14.9. The van der Waals surface area contributed by atoms with Crippen LogP contribution < -0.4 is 5.32 Å². The Morgan fingerprint density at radius 2 is 1.92 bits per heavy atom. The van der Waals surface area contributed by atoms with Gasteiger partial charge >= 0.3 is 0 Å². The van der Waals surface area contributed by atoms with Crippen LogP contribution in [0.4, 0.5) is 15.8 Å². The van der Waals surface area contributed by atoms with Crippen LogP contribution >= 0.6 is 11.6 Å². The molecule has 0 bridgehead atoms. The van der Waals surface area contributed by atoms with Gasteiger partial charge in [-0.1, -0.05) is 23.7 Å². The first kappa shape index (κ1) is 16.1. The molecule has 0 fully saturated rings. The van der Waals surface area contributed by atoms with E-state index in [1.54, 1.807) is 24.3 Å². The number of nitro groups is 1. The third-order valence-electron chi connectivity index (χ3n) is 3.72. The van der Waals surface area contributed by atoms with Crippen LogP contribution in [-0.4, -0.2) is 9.91 Å². The molecule has 1 aromatic heterocycles. The van der Waals surface area contributed by atoms with Crippen molar-refractivity contribution < 1.29 is 9.31 Å². The highest BCUT2D eigenvalue weighted by molar-refractivity contribution is 6.30. The van der Waals surface area contributed by atoms with E-state index in [2.05, 4.69) is 10.3 Å². The second-order valence-electron chi connectivity index (χ2n) is 5.37. The number of fused-ring (bicyclic) bond motifs is 1. The molecule has 1 atom stereocenters. The predicted molar refractivity (Wildman–Crippen MR) is 91.8 cm³/mol. The van der Waals surface area contributed by atoms with E-state index in [4.69, 9.17) is 11.6 Å². The van der Waals surface area contributed by atoms with Crippen molar-refractivity contribution in [2.24, 2.45) is 0 Å². The number of nitrogens with one attached hydrogen (secondary N) is 1. The molecule has 1 unspecified atom stereocenters. The highest BCUT2D eigenvalue weighted by atomic mass is 35.5. The first-order valence-corrected chi connectivity index (χ1v) is 7.58. The van der Waals surface area contributed by atoms with Gasteiger partial charge in [0.1, 0.15) is 11.0 Å². The minimum Gasteiger partial charge on any atom is -0.378 e. The summed E-state index contributed by atoms with van der Waals surface area (Å²) in [5.41, 5.74) is 2.13. The Morgan fingerprint density at radius 3 is 2.58 bits per heavy atom. The number of hydrogen-bond donors (Lipinski definition) is 1. The molecule has 0 saturated heterocycles. The van der Waals surface area contributed by atoms with Gasteiger partial charge in [-0.3, -0.25) is 10.1 Å². The Hall–Kier alpha value is -2.73. The highest BCUT2D eigenvalue weighted by Crippen LogP contribution is 2.29. The second kappa shape index (κ2) is 6.41. The third kappa shape index (κ3) is 3.28. The first-order chi connectivity index (χ1) is 11.4. The molecular formula is C17H13ClFN3O2. The van der Waals surface area contributed by atoms with Crippen LogP contribution in [0.3, 0.4) is 0 Å². The molecule has 0 amide bonds. The Balaban J connectivity index is 1.93. The zero-order chi connectivity index (χ0) is 17.3. The summed E-state index contributed by atoms with van der Waals surface area (Å²) in [7, 11) is 0. The summed E-state index contributed by atoms with van der Waals surface area (Å²) >= 11 is 6.03. The number of aromatic nitrogens is 1. The second-order valence-corrected chi connectivity index (χ2v) is 5.76. The Bertz CT molecular complexity index is 916. The van der Waals surface area contributed by atoms with Crippen LogP contribution in [0, 0.1) is 15.9 Å². The molecule has 0 spiro atoms. The molecule has 1 N–H and O–H groups in total. The van der Waals surface area contributed by atoms with Crippen molar-refractivity contribution in [3.63, 3.8) is 0 Å². The largest absolute Gasteiger partial charge is 0.378 e. The summed E-state index contributed by atoms with van der Waals surface area (Å²) in [6.07, 6.45) is 0. The summed E-state index contributed by atoms with van der Waals surface area (Å²) < 4.78 is 13.5. The quantitative estimate of drug-likeness (QED) is 0.405. The molecule has 122 valence electrons. The van der Waals surface area contributed by atoms with Crippen molar-refractivity contribution >= 4 is 33.9 Å². The van der Waals surface area contributed by atoms with E-state index in [1.165, 1.54) is 24.3 Å². The van der Waals surface area contributed by atoms with E-state index >= 15 is 0 Å². The molecule has 3 rings (SSSR count). The van der Waals surface area contributed by atoms with E-state index in [0.717, 1.165) is 5.56 Å². The van der Waals surface area contributed by atoms with E-state index < -0.39 is 4.92 Å². The average Bonchev–Trinajstić information content (AvgIpc) is 2.55. The van der Waals surface area contributed by atoms with Gasteiger partial charge < -0.3 is 5.32 Å². The lowest BCUT2D eigenvalue weighted by Gasteiger charge is -2.17. The maximum absolute atomic E-state index is 13.5. The minimum atomic E-state index is -0.444. The average molecular weight is 346 g/mol. The van der Waals surface area contributed by atoms with Gasteiger partial charge in [0.25, 0.3) is 5.69 Å². The van der Waals surface area contributed by atoms with Gasteiger partial charge in [-0.25, -0.2) is 9.37 Å². The highest BCUT2D eigenvalue weighted by Gasteiger charge is 2.12. The predicted octanol–water partition coefficient (Wildman–Crippen LogP) is 5.11. The Labute approximate surface area is 142 Å². The molecule has 2 aromatic carbocycles. The molecule has 24 heavy (non-hydrogen) atoms. The van der Waals surface area contributed by atoms with Gasteiger partial charge in [-0.15, -0.1) is 0 Å². The van der Waals surface area contributed by atoms with E-state index in [1.807, 2.05) is 6.92 Å². The fourth-order valence-corrected chi connectivity index (χ4v) is 2.69. The summed E-state index contributed by atoms with van der Waals surface area (Å²) in [6, 6.07) is 12.0. The van der Waals surface area contributed by atoms with Crippen molar-refractivity contribution in [3.8, 4) is 0 Å². The van der Waals surface area contributed by atoms with Crippen molar-refractivity contribution in [2.75, 3.05) is 5.32 Å². The molecule has 5 nitrogen and oxygen atoms in total. The Kier molecular flexibility index (Phi) is 4.31. The molecule has 1 heterocycles. The zero-order valence-corrected chi connectivity index (χ0v) is 13.4. The van der Waals surface area contributed by atoms with Crippen molar-refractivity contribution in [2.45, 2.75) is 13.0 Å². The molecule has 0 aliphatic carbocycles. The molecule has 0 radical (unpaired) electrons. The normalized spacial score (nSPS) is 12.1. The maximum atomic E-state index is 13.5. The van der Waals surface area contributed by atoms with Crippen LogP contribution in [0.15, 0.2) is 48.5 Å². The molecule has 0 aliphatic heterocycles. The maximum Gasteiger partial charge on any atom is 0.269 e. The third-order valence-corrected chi connectivity index (χ3v) is 3.91. The SMILES string of the molecule is CC(Nc1cc(Cl)nc2ccc(F)cc12)c1ccc([N+](=O)[O-])cc1. The van der Waals surface area contributed by atoms with E-state index in [0.29, 0.717) is 21.7 Å². The number of benzene rings is 2.